The van der Waals surface area contributed by atoms with E-state index in [1.165, 1.54) is 0 Å². The quantitative estimate of drug-likeness (QED) is 0.499. The molecule has 98 valence electrons. The maximum atomic E-state index is 8.43. The molecule has 0 saturated heterocycles. The fourth-order valence-corrected chi connectivity index (χ4v) is 0.949. The van der Waals surface area contributed by atoms with E-state index in [-0.39, 0.29) is 12.7 Å². The molecule has 16 heavy (non-hydrogen) atoms. The first kappa shape index (κ1) is 15.8. The van der Waals surface area contributed by atoms with Crippen molar-refractivity contribution in [3.63, 3.8) is 0 Å². The van der Waals surface area contributed by atoms with Crippen LogP contribution < -0.4 is 0 Å². The van der Waals surface area contributed by atoms with Crippen molar-refractivity contribution in [3.05, 3.63) is 0 Å². The first-order chi connectivity index (χ1) is 7.77. The Hall–Kier alpha value is -0.200. The highest BCUT2D eigenvalue weighted by atomic mass is 16.6. The SMILES string of the molecule is CC(C)OCCOCCOCCOCCO. The number of hydrogen-bond donors (Lipinski definition) is 1. The molecule has 0 amide bonds. The van der Waals surface area contributed by atoms with Gasteiger partial charge in [-0.3, -0.25) is 0 Å². The van der Waals surface area contributed by atoms with Gasteiger partial charge in [0.25, 0.3) is 0 Å². The maximum absolute atomic E-state index is 8.43. The van der Waals surface area contributed by atoms with E-state index in [1.807, 2.05) is 13.8 Å². The second-order valence-corrected chi connectivity index (χ2v) is 3.48. The summed E-state index contributed by atoms with van der Waals surface area (Å²) in [7, 11) is 0. The first-order valence-corrected chi connectivity index (χ1v) is 5.73. The third kappa shape index (κ3) is 13.8. The van der Waals surface area contributed by atoms with E-state index in [0.717, 1.165) is 0 Å². The summed E-state index contributed by atoms with van der Waals surface area (Å²) >= 11 is 0. The Labute approximate surface area is 97.6 Å². The molecule has 0 spiro atoms. The van der Waals surface area contributed by atoms with Crippen LogP contribution in [-0.4, -0.2) is 64.1 Å². The van der Waals surface area contributed by atoms with Gasteiger partial charge in [0.2, 0.25) is 0 Å². The molecule has 5 nitrogen and oxygen atoms in total. The minimum Gasteiger partial charge on any atom is -0.394 e. The zero-order valence-electron chi connectivity index (χ0n) is 10.3. The van der Waals surface area contributed by atoms with Crippen LogP contribution in [0.15, 0.2) is 0 Å². The molecule has 0 fully saturated rings. The van der Waals surface area contributed by atoms with Crippen LogP contribution in [0.25, 0.3) is 0 Å². The molecule has 0 aliphatic heterocycles. The van der Waals surface area contributed by atoms with E-state index in [2.05, 4.69) is 0 Å². The second-order valence-electron chi connectivity index (χ2n) is 3.48. The molecule has 0 aromatic carbocycles. The molecular formula is C11H24O5. The van der Waals surface area contributed by atoms with Gasteiger partial charge in [-0.25, -0.2) is 0 Å². The Morgan fingerprint density at radius 2 is 1.19 bits per heavy atom. The molecule has 0 saturated carbocycles. The normalized spacial score (nSPS) is 11.2. The third-order valence-corrected chi connectivity index (χ3v) is 1.66. The van der Waals surface area contributed by atoms with Gasteiger partial charge in [-0.05, 0) is 13.8 Å². The fourth-order valence-electron chi connectivity index (χ4n) is 0.949. The van der Waals surface area contributed by atoms with Crippen LogP contribution >= 0.6 is 0 Å². The molecule has 0 heterocycles. The summed E-state index contributed by atoms with van der Waals surface area (Å²) in [6, 6.07) is 0. The van der Waals surface area contributed by atoms with Gasteiger partial charge >= 0.3 is 0 Å². The Balaban J connectivity index is 2.88. The van der Waals surface area contributed by atoms with E-state index in [9.17, 15) is 0 Å². The molecule has 0 atom stereocenters. The van der Waals surface area contributed by atoms with Crippen LogP contribution in [0.5, 0.6) is 0 Å². The van der Waals surface area contributed by atoms with Gasteiger partial charge in [0.05, 0.1) is 59.0 Å². The van der Waals surface area contributed by atoms with Crippen LogP contribution in [0.3, 0.4) is 0 Å². The van der Waals surface area contributed by atoms with Gasteiger partial charge in [-0.15, -0.1) is 0 Å². The second kappa shape index (κ2) is 12.9. The average molecular weight is 236 g/mol. The molecular weight excluding hydrogens is 212 g/mol. The molecule has 0 rings (SSSR count). The van der Waals surface area contributed by atoms with Crippen LogP contribution in [0, 0.1) is 0 Å². The Bertz CT molecular complexity index is 130. The summed E-state index contributed by atoms with van der Waals surface area (Å²) < 4.78 is 20.8. The van der Waals surface area contributed by atoms with Crippen LogP contribution in [0.4, 0.5) is 0 Å². The van der Waals surface area contributed by atoms with Gasteiger partial charge in [-0.2, -0.15) is 0 Å². The summed E-state index contributed by atoms with van der Waals surface area (Å²) in [5.41, 5.74) is 0. The summed E-state index contributed by atoms with van der Waals surface area (Å²) in [5, 5.41) is 8.43. The highest BCUT2D eigenvalue weighted by Crippen LogP contribution is 1.87. The van der Waals surface area contributed by atoms with Gasteiger partial charge in [0.1, 0.15) is 0 Å². The zero-order chi connectivity index (χ0) is 12.1. The van der Waals surface area contributed by atoms with E-state index in [4.69, 9.17) is 24.1 Å². The minimum atomic E-state index is 0.0545. The predicted octanol–water partition coefficient (Wildman–Crippen LogP) is 0.453. The van der Waals surface area contributed by atoms with Crippen molar-refractivity contribution in [2.45, 2.75) is 20.0 Å². The zero-order valence-corrected chi connectivity index (χ0v) is 10.3. The molecule has 5 heteroatoms. The lowest BCUT2D eigenvalue weighted by atomic mass is 10.5. The first-order valence-electron chi connectivity index (χ1n) is 5.73. The van der Waals surface area contributed by atoms with E-state index in [0.29, 0.717) is 46.2 Å². The van der Waals surface area contributed by atoms with Gasteiger partial charge in [-0.1, -0.05) is 0 Å². The molecule has 1 N–H and O–H groups in total. The lowest BCUT2D eigenvalue weighted by molar-refractivity contribution is -0.0140. The summed E-state index contributed by atoms with van der Waals surface area (Å²) in [5.74, 6) is 0. The van der Waals surface area contributed by atoms with Crippen LogP contribution in [0.2, 0.25) is 0 Å². The lowest BCUT2D eigenvalue weighted by Crippen LogP contribution is -2.14. The van der Waals surface area contributed by atoms with Crippen molar-refractivity contribution in [1.29, 1.82) is 0 Å². The topological polar surface area (TPSA) is 57.2 Å². The average Bonchev–Trinajstić information content (AvgIpc) is 2.25. The van der Waals surface area contributed by atoms with Gasteiger partial charge < -0.3 is 24.1 Å². The molecule has 0 aromatic rings. The van der Waals surface area contributed by atoms with Crippen LogP contribution in [0.1, 0.15) is 13.8 Å². The molecule has 0 aliphatic carbocycles. The molecule has 0 unspecified atom stereocenters. The lowest BCUT2D eigenvalue weighted by Gasteiger charge is -2.08. The molecule has 0 bridgehead atoms. The van der Waals surface area contributed by atoms with Gasteiger partial charge in [0, 0.05) is 0 Å². The van der Waals surface area contributed by atoms with E-state index < -0.39 is 0 Å². The van der Waals surface area contributed by atoms with E-state index >= 15 is 0 Å². The maximum Gasteiger partial charge on any atom is 0.0703 e. The summed E-state index contributed by atoms with van der Waals surface area (Å²) in [6.45, 7) is 7.81. The molecule has 0 radical (unpaired) electrons. The van der Waals surface area contributed by atoms with E-state index in [1.54, 1.807) is 0 Å². The third-order valence-electron chi connectivity index (χ3n) is 1.66. The summed E-state index contributed by atoms with van der Waals surface area (Å²) in [6.07, 6.45) is 0.253. The van der Waals surface area contributed by atoms with Gasteiger partial charge in [0.15, 0.2) is 0 Å². The van der Waals surface area contributed by atoms with Crippen molar-refractivity contribution >= 4 is 0 Å². The monoisotopic (exact) mass is 236 g/mol. The number of rotatable bonds is 12. The highest BCUT2D eigenvalue weighted by molar-refractivity contribution is 4.37. The summed E-state index contributed by atoms with van der Waals surface area (Å²) in [4.78, 5) is 0. The highest BCUT2D eigenvalue weighted by Gasteiger charge is 1.93. The number of hydrogen-bond acceptors (Lipinski definition) is 5. The molecule has 0 aromatic heterocycles. The molecule has 0 aliphatic rings. The number of aliphatic hydroxyl groups excluding tert-OH is 1. The minimum absolute atomic E-state index is 0.0545. The van der Waals surface area contributed by atoms with Crippen molar-refractivity contribution in [2.75, 3.05) is 52.9 Å². The Morgan fingerprint density at radius 3 is 1.62 bits per heavy atom. The van der Waals surface area contributed by atoms with Crippen molar-refractivity contribution in [3.8, 4) is 0 Å². The van der Waals surface area contributed by atoms with Crippen LogP contribution in [-0.2, 0) is 18.9 Å². The fraction of sp³-hybridized carbons (Fsp3) is 1.00. The van der Waals surface area contributed by atoms with Crippen molar-refractivity contribution < 1.29 is 24.1 Å². The standard InChI is InChI=1S/C11H24O5/c1-11(2)16-10-9-15-8-7-14-6-5-13-4-3-12/h11-12H,3-10H2,1-2H3. The van der Waals surface area contributed by atoms with Crippen molar-refractivity contribution in [2.24, 2.45) is 0 Å². The predicted molar refractivity (Wildman–Crippen MR) is 60.6 cm³/mol. The Kier molecular flexibility index (Phi) is 12.7. The smallest absolute Gasteiger partial charge is 0.0703 e. The largest absolute Gasteiger partial charge is 0.394 e. The number of ether oxygens (including phenoxy) is 4. The Morgan fingerprint density at radius 1 is 0.750 bits per heavy atom. The number of aliphatic hydroxyl groups is 1. The van der Waals surface area contributed by atoms with Crippen molar-refractivity contribution in [1.82, 2.24) is 0 Å².